The van der Waals surface area contributed by atoms with Gasteiger partial charge in [-0.05, 0) is 17.7 Å². The lowest BCUT2D eigenvalue weighted by Gasteiger charge is -2.13. The SMILES string of the molecule is F/C(Cl)=C(\c1cccc(C(F)(F)F)c1)C(F)(F)F. The van der Waals surface area contributed by atoms with Gasteiger partial charge in [-0.15, -0.1) is 0 Å². The molecule has 8 heteroatoms. The molecule has 1 aromatic carbocycles. The molecule has 0 aliphatic carbocycles. The Morgan fingerprint density at radius 2 is 1.56 bits per heavy atom. The quantitative estimate of drug-likeness (QED) is 0.628. The highest BCUT2D eigenvalue weighted by molar-refractivity contribution is 6.31. The van der Waals surface area contributed by atoms with Gasteiger partial charge in [0.05, 0.1) is 5.56 Å². The van der Waals surface area contributed by atoms with E-state index < -0.39 is 34.3 Å². The van der Waals surface area contributed by atoms with Crippen LogP contribution in [0.4, 0.5) is 30.7 Å². The Balaban J connectivity index is 3.38. The number of hydrogen-bond donors (Lipinski definition) is 0. The second-order valence-corrected chi connectivity index (χ2v) is 3.54. The van der Waals surface area contributed by atoms with Gasteiger partial charge >= 0.3 is 12.4 Å². The number of rotatable bonds is 1. The van der Waals surface area contributed by atoms with Crippen LogP contribution in [0.2, 0.25) is 0 Å². The van der Waals surface area contributed by atoms with Gasteiger partial charge in [-0.3, -0.25) is 0 Å². The van der Waals surface area contributed by atoms with Crippen LogP contribution in [0, 0.1) is 0 Å². The monoisotopic (exact) mass is 292 g/mol. The number of hydrogen-bond acceptors (Lipinski definition) is 0. The smallest absolute Gasteiger partial charge is 0.193 e. The maximum Gasteiger partial charge on any atom is 0.420 e. The first-order valence-corrected chi connectivity index (χ1v) is 4.71. The molecule has 0 spiro atoms. The molecule has 100 valence electrons. The van der Waals surface area contributed by atoms with Crippen molar-refractivity contribution < 1.29 is 30.7 Å². The van der Waals surface area contributed by atoms with Crippen molar-refractivity contribution in [2.24, 2.45) is 0 Å². The summed E-state index contributed by atoms with van der Waals surface area (Å²) in [6.45, 7) is 0. The van der Waals surface area contributed by atoms with Gasteiger partial charge < -0.3 is 0 Å². The second-order valence-electron chi connectivity index (χ2n) is 3.21. The van der Waals surface area contributed by atoms with Crippen molar-refractivity contribution in [2.45, 2.75) is 12.4 Å². The minimum Gasteiger partial charge on any atom is -0.193 e. The number of halogens is 8. The molecule has 0 fully saturated rings. The van der Waals surface area contributed by atoms with Crippen molar-refractivity contribution in [3.05, 3.63) is 40.7 Å². The topological polar surface area (TPSA) is 0 Å². The van der Waals surface area contributed by atoms with Gasteiger partial charge in [0.25, 0.3) is 0 Å². The third kappa shape index (κ3) is 3.38. The summed E-state index contributed by atoms with van der Waals surface area (Å²) in [6, 6.07) is 2.19. The van der Waals surface area contributed by atoms with Crippen molar-refractivity contribution in [3.63, 3.8) is 0 Å². The maximum atomic E-state index is 12.6. The molecule has 1 rings (SSSR count). The molecule has 0 amide bonds. The van der Waals surface area contributed by atoms with E-state index in [1.807, 2.05) is 0 Å². The van der Waals surface area contributed by atoms with Gasteiger partial charge in [0.15, 0.2) is 0 Å². The standard InChI is InChI=1S/C10H4ClF7/c11-8(12)7(10(16,17)18)5-2-1-3-6(4-5)9(13,14)15/h1-4H/b8-7+. The van der Waals surface area contributed by atoms with Crippen LogP contribution in [0.3, 0.4) is 0 Å². The highest BCUT2D eigenvalue weighted by Crippen LogP contribution is 2.40. The summed E-state index contributed by atoms with van der Waals surface area (Å²) in [5, 5.41) is -2.11. The lowest BCUT2D eigenvalue weighted by atomic mass is 10.0. The first kappa shape index (κ1) is 14.8. The van der Waals surface area contributed by atoms with E-state index in [0.717, 1.165) is 6.07 Å². The molecule has 0 aliphatic rings. The Labute approximate surface area is 102 Å². The summed E-state index contributed by atoms with van der Waals surface area (Å²) in [6.07, 6.45) is -10.0. The average Bonchev–Trinajstić information content (AvgIpc) is 2.13. The van der Waals surface area contributed by atoms with Gasteiger partial charge in [0.1, 0.15) is 5.57 Å². The molecular formula is C10H4ClF7. The van der Waals surface area contributed by atoms with Crippen LogP contribution in [0.1, 0.15) is 11.1 Å². The highest BCUT2D eigenvalue weighted by Gasteiger charge is 2.39. The van der Waals surface area contributed by atoms with E-state index in [1.54, 1.807) is 0 Å². The normalized spacial score (nSPS) is 14.4. The minimum atomic E-state index is -5.18. The molecule has 0 bridgehead atoms. The van der Waals surface area contributed by atoms with Crippen molar-refractivity contribution in [2.75, 3.05) is 0 Å². The van der Waals surface area contributed by atoms with Gasteiger partial charge in [0.2, 0.25) is 5.29 Å². The zero-order valence-corrected chi connectivity index (χ0v) is 9.09. The van der Waals surface area contributed by atoms with E-state index in [2.05, 4.69) is 11.6 Å². The van der Waals surface area contributed by atoms with Crippen LogP contribution in [-0.2, 0) is 6.18 Å². The van der Waals surface area contributed by atoms with E-state index in [-0.39, 0.29) is 6.07 Å². The molecule has 0 N–H and O–H groups in total. The number of benzene rings is 1. The third-order valence-corrected chi connectivity index (χ3v) is 2.14. The highest BCUT2D eigenvalue weighted by atomic mass is 35.5. The van der Waals surface area contributed by atoms with Crippen LogP contribution in [0.5, 0.6) is 0 Å². The van der Waals surface area contributed by atoms with Gasteiger partial charge in [-0.25, -0.2) is 0 Å². The van der Waals surface area contributed by atoms with E-state index in [0.29, 0.717) is 12.1 Å². The Kier molecular flexibility index (Phi) is 3.95. The zero-order valence-electron chi connectivity index (χ0n) is 8.33. The van der Waals surface area contributed by atoms with Crippen molar-refractivity contribution in [1.82, 2.24) is 0 Å². The Bertz CT molecular complexity index is 466. The van der Waals surface area contributed by atoms with Crippen LogP contribution >= 0.6 is 11.6 Å². The maximum absolute atomic E-state index is 12.6. The fourth-order valence-corrected chi connectivity index (χ4v) is 1.45. The molecule has 0 saturated carbocycles. The average molecular weight is 293 g/mol. The largest absolute Gasteiger partial charge is 0.420 e. The third-order valence-electron chi connectivity index (χ3n) is 1.95. The van der Waals surface area contributed by atoms with Gasteiger partial charge in [0, 0.05) is 0 Å². The molecule has 0 atom stereocenters. The van der Waals surface area contributed by atoms with Crippen LogP contribution in [-0.4, -0.2) is 6.18 Å². The molecule has 0 aliphatic heterocycles. The zero-order chi connectivity index (χ0) is 14.1. The molecular weight excluding hydrogens is 289 g/mol. The van der Waals surface area contributed by atoms with E-state index in [9.17, 15) is 30.7 Å². The molecule has 18 heavy (non-hydrogen) atoms. The van der Waals surface area contributed by atoms with Gasteiger partial charge in [-0.1, -0.05) is 23.7 Å². The lowest BCUT2D eigenvalue weighted by Crippen LogP contribution is -2.13. The fraction of sp³-hybridized carbons (Fsp3) is 0.200. The minimum absolute atomic E-state index is 0.185. The predicted molar refractivity (Wildman–Crippen MR) is 51.4 cm³/mol. The molecule has 0 unspecified atom stereocenters. The summed E-state index contributed by atoms with van der Waals surface area (Å²) >= 11 is 4.64. The first-order chi connectivity index (χ1) is 8.03. The van der Waals surface area contributed by atoms with E-state index >= 15 is 0 Å². The summed E-state index contributed by atoms with van der Waals surface area (Å²) in [5.41, 5.74) is -4.24. The number of alkyl halides is 6. The van der Waals surface area contributed by atoms with Crippen molar-refractivity contribution >= 4 is 17.2 Å². The lowest BCUT2D eigenvalue weighted by molar-refractivity contribution is -0.137. The Hall–Kier alpha value is -1.24. The summed E-state index contributed by atoms with van der Waals surface area (Å²) in [7, 11) is 0. The molecule has 0 radical (unpaired) electrons. The molecule has 0 saturated heterocycles. The molecule has 1 aromatic rings. The molecule has 0 nitrogen and oxygen atoms in total. The van der Waals surface area contributed by atoms with Crippen LogP contribution in [0.15, 0.2) is 29.6 Å². The number of allylic oxidation sites excluding steroid dienone is 1. The summed E-state index contributed by atoms with van der Waals surface area (Å²) < 4.78 is 86.8. The summed E-state index contributed by atoms with van der Waals surface area (Å²) in [5.74, 6) is 0. The summed E-state index contributed by atoms with van der Waals surface area (Å²) in [4.78, 5) is 0. The fourth-order valence-electron chi connectivity index (χ4n) is 1.23. The first-order valence-electron chi connectivity index (χ1n) is 4.33. The van der Waals surface area contributed by atoms with Crippen molar-refractivity contribution in [1.29, 1.82) is 0 Å². The van der Waals surface area contributed by atoms with Crippen LogP contribution < -0.4 is 0 Å². The van der Waals surface area contributed by atoms with E-state index in [1.165, 1.54) is 0 Å². The van der Waals surface area contributed by atoms with Crippen molar-refractivity contribution in [3.8, 4) is 0 Å². The predicted octanol–water partition coefficient (Wildman–Crippen LogP) is 5.14. The molecule has 0 heterocycles. The second kappa shape index (κ2) is 4.79. The van der Waals surface area contributed by atoms with E-state index in [4.69, 9.17) is 0 Å². The Morgan fingerprint density at radius 3 is 1.94 bits per heavy atom. The molecule has 0 aromatic heterocycles. The van der Waals surface area contributed by atoms with Gasteiger partial charge in [-0.2, -0.15) is 30.7 Å². The Morgan fingerprint density at radius 1 is 1.00 bits per heavy atom. The van der Waals surface area contributed by atoms with Crippen LogP contribution in [0.25, 0.3) is 5.57 Å².